The fourth-order valence-electron chi connectivity index (χ4n) is 3.41. The third-order valence-corrected chi connectivity index (χ3v) is 5.51. The van der Waals surface area contributed by atoms with Gasteiger partial charge in [-0.25, -0.2) is 4.98 Å². The molecule has 0 fully saturated rings. The fourth-order valence-corrected chi connectivity index (χ4v) is 4.16. The highest BCUT2D eigenvalue weighted by atomic mass is 32.1. The van der Waals surface area contributed by atoms with Crippen LogP contribution in [0.15, 0.2) is 54.2 Å². The second-order valence-electron chi connectivity index (χ2n) is 6.69. The van der Waals surface area contributed by atoms with Gasteiger partial charge < -0.3 is 4.74 Å². The van der Waals surface area contributed by atoms with Crippen LogP contribution >= 0.6 is 11.3 Å². The molecule has 3 aromatic heterocycles. The second kappa shape index (κ2) is 7.97. The molecule has 146 valence electrons. The Morgan fingerprint density at radius 2 is 1.93 bits per heavy atom. The van der Waals surface area contributed by atoms with Gasteiger partial charge in [-0.15, -0.1) is 11.3 Å². The molecule has 0 saturated heterocycles. The molecule has 0 N–H and O–H groups in total. The molecule has 0 aliphatic rings. The number of carbonyl (C=O) groups is 2. The van der Waals surface area contributed by atoms with Crippen LogP contribution in [0.3, 0.4) is 0 Å². The Bertz CT molecular complexity index is 1190. The lowest BCUT2D eigenvalue weighted by Crippen LogP contribution is -2.16. The highest BCUT2D eigenvalue weighted by Crippen LogP contribution is 2.23. The van der Waals surface area contributed by atoms with Crippen LogP contribution in [0.2, 0.25) is 0 Å². The summed E-state index contributed by atoms with van der Waals surface area (Å²) in [6.45, 7) is 3.50. The highest BCUT2D eigenvalue weighted by molar-refractivity contribution is 7.12. The number of thiazole rings is 1. The lowest BCUT2D eigenvalue weighted by molar-refractivity contribution is -0.141. The summed E-state index contributed by atoms with van der Waals surface area (Å²) in [6.07, 6.45) is 3.49. The van der Waals surface area contributed by atoms with E-state index in [-0.39, 0.29) is 18.8 Å². The molecule has 0 saturated carbocycles. The summed E-state index contributed by atoms with van der Waals surface area (Å²) in [4.78, 5) is 33.6. The van der Waals surface area contributed by atoms with Crippen LogP contribution in [0.25, 0.3) is 16.0 Å². The molecular weight excluding hydrogens is 386 g/mol. The van der Waals surface area contributed by atoms with Crippen molar-refractivity contribution < 1.29 is 14.3 Å². The van der Waals surface area contributed by atoms with E-state index in [4.69, 9.17) is 4.74 Å². The molecule has 0 spiro atoms. The van der Waals surface area contributed by atoms with E-state index in [1.54, 1.807) is 12.4 Å². The molecule has 0 bridgehead atoms. The summed E-state index contributed by atoms with van der Waals surface area (Å²) in [5, 5.41) is 3.66. The number of esters is 1. The van der Waals surface area contributed by atoms with Gasteiger partial charge in [-0.2, -0.15) is 0 Å². The van der Waals surface area contributed by atoms with Gasteiger partial charge in [0, 0.05) is 40.1 Å². The molecule has 0 amide bonds. The molecule has 6 nitrogen and oxygen atoms in total. The van der Waals surface area contributed by atoms with E-state index < -0.39 is 5.97 Å². The van der Waals surface area contributed by atoms with Gasteiger partial charge in [-0.1, -0.05) is 24.3 Å². The molecule has 0 atom stereocenters. The van der Waals surface area contributed by atoms with E-state index >= 15 is 0 Å². The Morgan fingerprint density at radius 3 is 2.72 bits per heavy atom. The molecule has 0 radical (unpaired) electrons. The van der Waals surface area contributed by atoms with Crippen LogP contribution in [-0.4, -0.2) is 32.9 Å². The van der Waals surface area contributed by atoms with E-state index in [2.05, 4.69) is 9.97 Å². The molecule has 7 heteroatoms. The first-order chi connectivity index (χ1) is 14.0. The Labute approximate surface area is 171 Å². The number of fused-ring (bicyclic) bond motifs is 1. The maximum absolute atomic E-state index is 12.7. The number of benzene rings is 1. The monoisotopic (exact) mass is 405 g/mol. The van der Waals surface area contributed by atoms with Crippen molar-refractivity contribution in [2.24, 2.45) is 0 Å². The standard InChI is InChI=1S/C22H19N3O3S/c1-14-11-18(15(2)25(14)22-24-9-10-29-22)19(26)13-28-20(27)12-17-6-3-5-16-7-4-8-23-21(16)17/h3-11H,12-13H2,1-2H3. The number of para-hydroxylation sites is 1. The number of ether oxygens (including phenoxy) is 1. The number of nitrogens with zero attached hydrogens (tertiary/aromatic N) is 3. The first-order valence-corrected chi connectivity index (χ1v) is 10.0. The van der Waals surface area contributed by atoms with Gasteiger partial charge in [0.15, 0.2) is 11.7 Å². The van der Waals surface area contributed by atoms with Crippen molar-refractivity contribution in [1.29, 1.82) is 0 Å². The van der Waals surface area contributed by atoms with Crippen LogP contribution in [0.1, 0.15) is 27.3 Å². The SMILES string of the molecule is Cc1cc(C(=O)COC(=O)Cc2cccc3cccnc23)c(C)n1-c1nccs1. The number of hydrogen-bond acceptors (Lipinski definition) is 6. The number of Topliss-reactive ketones (excluding diaryl/α,β-unsaturated/α-hetero) is 1. The van der Waals surface area contributed by atoms with E-state index in [0.717, 1.165) is 33.0 Å². The average Bonchev–Trinajstić information content (AvgIpc) is 3.34. The molecule has 4 rings (SSSR count). The second-order valence-corrected chi connectivity index (χ2v) is 7.56. The topological polar surface area (TPSA) is 74.1 Å². The van der Waals surface area contributed by atoms with E-state index in [9.17, 15) is 9.59 Å². The Hall–Kier alpha value is -3.32. The summed E-state index contributed by atoms with van der Waals surface area (Å²) in [6, 6.07) is 11.3. The molecule has 0 aliphatic carbocycles. The van der Waals surface area contributed by atoms with Crippen molar-refractivity contribution in [1.82, 2.24) is 14.5 Å². The molecule has 0 aliphatic heterocycles. The lowest BCUT2D eigenvalue weighted by Gasteiger charge is -2.07. The number of ketones is 1. The number of carbonyl (C=O) groups excluding carboxylic acids is 2. The summed E-state index contributed by atoms with van der Waals surface area (Å²) >= 11 is 1.50. The van der Waals surface area contributed by atoms with Crippen LogP contribution < -0.4 is 0 Å². The number of pyridine rings is 1. The maximum Gasteiger partial charge on any atom is 0.310 e. The van der Waals surface area contributed by atoms with Gasteiger partial charge in [-0.05, 0) is 31.5 Å². The summed E-state index contributed by atoms with van der Waals surface area (Å²) in [5.74, 6) is -0.685. The first kappa shape index (κ1) is 19.0. The Morgan fingerprint density at radius 1 is 1.10 bits per heavy atom. The third-order valence-electron chi connectivity index (χ3n) is 4.76. The predicted octanol–water partition coefficient (Wildman–Crippen LogP) is 4.07. The fraction of sp³-hybridized carbons (Fsp3) is 0.182. The van der Waals surface area contributed by atoms with Gasteiger partial charge in [0.25, 0.3) is 0 Å². The Kier molecular flexibility index (Phi) is 5.22. The molecule has 3 heterocycles. The lowest BCUT2D eigenvalue weighted by atomic mass is 10.1. The molecule has 4 aromatic rings. The number of aryl methyl sites for hydroxylation is 1. The smallest absolute Gasteiger partial charge is 0.310 e. The minimum absolute atomic E-state index is 0.0692. The zero-order chi connectivity index (χ0) is 20.4. The van der Waals surface area contributed by atoms with Gasteiger partial charge in [-0.3, -0.25) is 19.1 Å². The van der Waals surface area contributed by atoms with Crippen molar-refractivity contribution >= 4 is 34.0 Å². The largest absolute Gasteiger partial charge is 0.457 e. The van der Waals surface area contributed by atoms with Crippen LogP contribution in [0.4, 0.5) is 0 Å². The molecular formula is C22H19N3O3S. The van der Waals surface area contributed by atoms with Crippen molar-refractivity contribution in [3.63, 3.8) is 0 Å². The Balaban J connectivity index is 1.45. The van der Waals surface area contributed by atoms with Gasteiger partial charge in [0.1, 0.15) is 0 Å². The summed E-state index contributed by atoms with van der Waals surface area (Å²) in [7, 11) is 0. The van der Waals surface area contributed by atoms with Crippen LogP contribution in [0.5, 0.6) is 0 Å². The molecule has 1 aromatic carbocycles. The number of hydrogen-bond donors (Lipinski definition) is 0. The summed E-state index contributed by atoms with van der Waals surface area (Å²) < 4.78 is 7.20. The minimum atomic E-state index is -0.453. The minimum Gasteiger partial charge on any atom is -0.457 e. The van der Waals surface area contributed by atoms with Crippen molar-refractivity contribution in [2.75, 3.05) is 6.61 Å². The van der Waals surface area contributed by atoms with E-state index in [1.807, 2.05) is 60.2 Å². The predicted molar refractivity (Wildman–Crippen MR) is 112 cm³/mol. The quantitative estimate of drug-likeness (QED) is 0.357. The van der Waals surface area contributed by atoms with Crippen molar-refractivity contribution in [3.05, 3.63) is 76.7 Å². The van der Waals surface area contributed by atoms with Gasteiger partial charge >= 0.3 is 5.97 Å². The molecule has 0 unspecified atom stereocenters. The zero-order valence-corrected chi connectivity index (χ0v) is 16.9. The number of rotatable bonds is 6. The third kappa shape index (κ3) is 3.82. The first-order valence-electron chi connectivity index (χ1n) is 9.15. The van der Waals surface area contributed by atoms with E-state index in [1.165, 1.54) is 11.3 Å². The van der Waals surface area contributed by atoms with Gasteiger partial charge in [0.05, 0.1) is 11.9 Å². The van der Waals surface area contributed by atoms with Crippen molar-refractivity contribution in [2.45, 2.75) is 20.3 Å². The molecule has 29 heavy (non-hydrogen) atoms. The number of aromatic nitrogens is 3. The van der Waals surface area contributed by atoms with E-state index in [0.29, 0.717) is 5.56 Å². The zero-order valence-electron chi connectivity index (χ0n) is 16.1. The summed E-state index contributed by atoms with van der Waals surface area (Å²) in [5.41, 5.74) is 3.79. The maximum atomic E-state index is 12.7. The van der Waals surface area contributed by atoms with Gasteiger partial charge in [0.2, 0.25) is 5.78 Å². The van der Waals surface area contributed by atoms with Crippen LogP contribution in [-0.2, 0) is 16.0 Å². The van der Waals surface area contributed by atoms with Crippen molar-refractivity contribution in [3.8, 4) is 5.13 Å². The van der Waals surface area contributed by atoms with Crippen LogP contribution in [0, 0.1) is 13.8 Å². The average molecular weight is 405 g/mol. The normalized spacial score (nSPS) is 11.0. The highest BCUT2D eigenvalue weighted by Gasteiger charge is 2.19.